The predicted molar refractivity (Wildman–Crippen MR) is 141 cm³/mol. The Labute approximate surface area is 218 Å². The van der Waals surface area contributed by atoms with Gasteiger partial charge in [0.15, 0.2) is 5.96 Å². The van der Waals surface area contributed by atoms with Gasteiger partial charge in [0, 0.05) is 18.2 Å². The summed E-state index contributed by atoms with van der Waals surface area (Å²) in [5.74, 6) is -2.40. The lowest BCUT2D eigenvalue weighted by molar-refractivity contribution is -0.138. The second kappa shape index (κ2) is 13.2. The monoisotopic (exact) mass is 520 g/mol. The molecule has 0 spiro atoms. The van der Waals surface area contributed by atoms with Crippen molar-refractivity contribution in [3.8, 4) is 22.6 Å². The zero-order valence-corrected chi connectivity index (χ0v) is 20.2. The molecular formula is C26H28N6O6. The quantitative estimate of drug-likeness (QED) is 0.106. The number of urea groups is 1. The SMILES string of the molecule is N=C(N)NCCOc1ccc(C(=O)NC[C@H](NC(=O)Nc2ccccc2-c2ccccc2)C(=O)O)c(O)c1. The van der Waals surface area contributed by atoms with Gasteiger partial charge < -0.3 is 42.0 Å². The lowest BCUT2D eigenvalue weighted by Crippen LogP contribution is -2.49. The Morgan fingerprint density at radius 2 is 1.68 bits per heavy atom. The summed E-state index contributed by atoms with van der Waals surface area (Å²) in [6.45, 7) is -0.00192. The van der Waals surface area contributed by atoms with E-state index in [2.05, 4.69) is 21.3 Å². The summed E-state index contributed by atoms with van der Waals surface area (Å²) in [6, 6.07) is 18.2. The zero-order valence-electron chi connectivity index (χ0n) is 20.2. The normalized spacial score (nSPS) is 11.1. The van der Waals surface area contributed by atoms with Crippen LogP contribution >= 0.6 is 0 Å². The highest BCUT2D eigenvalue weighted by Crippen LogP contribution is 2.27. The first-order chi connectivity index (χ1) is 18.2. The lowest BCUT2D eigenvalue weighted by atomic mass is 10.0. The van der Waals surface area contributed by atoms with Crippen LogP contribution in [-0.2, 0) is 4.79 Å². The van der Waals surface area contributed by atoms with Crippen molar-refractivity contribution >= 4 is 29.6 Å². The summed E-state index contributed by atoms with van der Waals surface area (Å²) in [5, 5.41) is 36.8. The van der Waals surface area contributed by atoms with E-state index in [1.165, 1.54) is 18.2 Å². The fraction of sp³-hybridized carbons (Fsp3) is 0.154. The Kier molecular flexibility index (Phi) is 9.46. The van der Waals surface area contributed by atoms with Crippen LogP contribution in [0.3, 0.4) is 0 Å². The van der Waals surface area contributed by atoms with Gasteiger partial charge in [0.05, 0.1) is 17.8 Å². The number of benzene rings is 3. The number of carbonyl (C=O) groups is 3. The number of para-hydroxylation sites is 1. The number of nitrogens with two attached hydrogens (primary N) is 1. The van der Waals surface area contributed by atoms with E-state index in [4.69, 9.17) is 15.9 Å². The van der Waals surface area contributed by atoms with Crippen LogP contribution in [0.5, 0.6) is 11.5 Å². The summed E-state index contributed by atoms with van der Waals surface area (Å²) in [4.78, 5) is 36.8. The van der Waals surface area contributed by atoms with Crippen molar-refractivity contribution in [1.82, 2.24) is 16.0 Å². The number of phenols is 1. The van der Waals surface area contributed by atoms with Gasteiger partial charge >= 0.3 is 12.0 Å². The van der Waals surface area contributed by atoms with Crippen LogP contribution in [0.25, 0.3) is 11.1 Å². The molecule has 0 bridgehead atoms. The minimum Gasteiger partial charge on any atom is -0.507 e. The van der Waals surface area contributed by atoms with Crippen molar-refractivity contribution in [3.05, 3.63) is 78.4 Å². The molecule has 3 amide bonds. The van der Waals surface area contributed by atoms with E-state index >= 15 is 0 Å². The number of hydrogen-bond donors (Lipinski definition) is 8. The van der Waals surface area contributed by atoms with Gasteiger partial charge in [-0.1, -0.05) is 48.5 Å². The summed E-state index contributed by atoms with van der Waals surface area (Å²) in [7, 11) is 0. The fourth-order valence-electron chi connectivity index (χ4n) is 3.42. The van der Waals surface area contributed by atoms with Gasteiger partial charge in [-0.2, -0.15) is 0 Å². The van der Waals surface area contributed by atoms with Gasteiger partial charge in [-0.15, -0.1) is 0 Å². The van der Waals surface area contributed by atoms with Crippen molar-refractivity contribution < 1.29 is 29.3 Å². The Hall–Kier alpha value is -5.26. The number of guanidine groups is 1. The van der Waals surface area contributed by atoms with E-state index in [9.17, 15) is 24.6 Å². The smallest absolute Gasteiger partial charge is 0.328 e. The molecule has 12 nitrogen and oxygen atoms in total. The molecule has 3 aromatic rings. The molecular weight excluding hydrogens is 492 g/mol. The van der Waals surface area contributed by atoms with E-state index < -0.39 is 30.5 Å². The van der Waals surface area contributed by atoms with Crippen molar-refractivity contribution in [2.24, 2.45) is 5.73 Å². The van der Waals surface area contributed by atoms with E-state index in [-0.39, 0.29) is 36.2 Å². The number of carboxylic acid groups (broad SMARTS) is 1. The molecule has 0 radical (unpaired) electrons. The standard InChI is InChI=1S/C26H28N6O6/c27-25(28)29-12-13-38-17-10-11-19(22(33)14-17)23(34)30-15-21(24(35)36)32-26(37)31-20-9-5-4-8-18(20)16-6-2-1-3-7-16/h1-11,14,21,33H,12-13,15H2,(H,30,34)(H,35,36)(H4,27,28,29)(H2,31,32,37)/t21-/m0/s1. The molecule has 0 aliphatic heterocycles. The second-order valence-corrected chi connectivity index (χ2v) is 7.98. The van der Waals surface area contributed by atoms with Gasteiger partial charge in [-0.25, -0.2) is 9.59 Å². The molecule has 0 heterocycles. The number of carbonyl (C=O) groups excluding carboxylic acids is 2. The third-order valence-electron chi connectivity index (χ3n) is 5.23. The number of carboxylic acids is 1. The average Bonchev–Trinajstić information content (AvgIpc) is 2.89. The van der Waals surface area contributed by atoms with E-state index in [0.717, 1.165) is 11.1 Å². The van der Waals surface area contributed by atoms with Gasteiger partial charge in [-0.05, 0) is 23.8 Å². The molecule has 9 N–H and O–H groups in total. The van der Waals surface area contributed by atoms with Crippen molar-refractivity contribution in [2.45, 2.75) is 6.04 Å². The molecule has 0 unspecified atom stereocenters. The van der Waals surface area contributed by atoms with Gasteiger partial charge in [0.25, 0.3) is 5.91 Å². The number of hydrogen-bond acceptors (Lipinski definition) is 6. The predicted octanol–water partition coefficient (Wildman–Crippen LogP) is 1.93. The summed E-state index contributed by atoms with van der Waals surface area (Å²) >= 11 is 0. The minimum absolute atomic E-state index is 0.107. The van der Waals surface area contributed by atoms with Crippen molar-refractivity contribution in [1.29, 1.82) is 5.41 Å². The number of anilines is 1. The first-order valence-corrected chi connectivity index (χ1v) is 11.5. The number of aromatic hydroxyl groups is 1. The largest absolute Gasteiger partial charge is 0.507 e. The number of nitrogens with one attached hydrogen (secondary N) is 5. The maximum atomic E-state index is 12.6. The molecule has 3 rings (SSSR count). The van der Waals surface area contributed by atoms with Gasteiger partial charge in [-0.3, -0.25) is 10.2 Å². The molecule has 0 aromatic heterocycles. The van der Waals surface area contributed by atoms with E-state index in [1.807, 2.05) is 42.5 Å². The molecule has 38 heavy (non-hydrogen) atoms. The van der Waals surface area contributed by atoms with Crippen LogP contribution in [-0.4, -0.2) is 59.8 Å². The van der Waals surface area contributed by atoms with E-state index in [0.29, 0.717) is 5.69 Å². The summed E-state index contributed by atoms with van der Waals surface area (Å²) in [5.41, 5.74) is 7.17. The Bertz CT molecular complexity index is 1300. The van der Waals surface area contributed by atoms with Crippen LogP contribution < -0.4 is 31.7 Å². The molecule has 0 aliphatic carbocycles. The van der Waals surface area contributed by atoms with Crippen molar-refractivity contribution in [3.63, 3.8) is 0 Å². The van der Waals surface area contributed by atoms with Crippen LogP contribution in [0, 0.1) is 5.41 Å². The minimum atomic E-state index is -1.44. The zero-order chi connectivity index (χ0) is 27.5. The maximum absolute atomic E-state index is 12.6. The Morgan fingerprint density at radius 3 is 2.37 bits per heavy atom. The summed E-state index contributed by atoms with van der Waals surface area (Å²) < 4.78 is 5.39. The summed E-state index contributed by atoms with van der Waals surface area (Å²) in [6.07, 6.45) is 0. The molecule has 198 valence electrons. The maximum Gasteiger partial charge on any atom is 0.328 e. The topological polar surface area (TPSA) is 199 Å². The first-order valence-electron chi connectivity index (χ1n) is 11.5. The number of phenolic OH excluding ortho intramolecular Hbond substituents is 1. The third kappa shape index (κ3) is 7.88. The number of ether oxygens (including phenoxy) is 1. The highest BCUT2D eigenvalue weighted by Gasteiger charge is 2.22. The molecule has 12 heteroatoms. The number of rotatable bonds is 11. The first kappa shape index (κ1) is 27.3. The van der Waals surface area contributed by atoms with Crippen LogP contribution in [0.1, 0.15) is 10.4 Å². The van der Waals surface area contributed by atoms with E-state index in [1.54, 1.807) is 12.1 Å². The van der Waals surface area contributed by atoms with Crippen LogP contribution in [0.15, 0.2) is 72.8 Å². The number of amides is 3. The van der Waals surface area contributed by atoms with Crippen LogP contribution in [0.4, 0.5) is 10.5 Å². The highest BCUT2D eigenvalue weighted by atomic mass is 16.5. The fourth-order valence-corrected chi connectivity index (χ4v) is 3.42. The second-order valence-electron chi connectivity index (χ2n) is 7.98. The Balaban J connectivity index is 1.57. The lowest BCUT2D eigenvalue weighted by Gasteiger charge is -2.17. The molecule has 0 saturated heterocycles. The number of aliphatic carboxylic acids is 1. The highest BCUT2D eigenvalue weighted by molar-refractivity contribution is 5.98. The third-order valence-corrected chi connectivity index (χ3v) is 5.23. The van der Waals surface area contributed by atoms with Crippen LogP contribution in [0.2, 0.25) is 0 Å². The molecule has 0 aliphatic rings. The van der Waals surface area contributed by atoms with Gasteiger partial charge in [0.1, 0.15) is 24.1 Å². The molecule has 3 aromatic carbocycles. The average molecular weight is 521 g/mol. The molecule has 1 atom stereocenters. The van der Waals surface area contributed by atoms with Crippen molar-refractivity contribution in [2.75, 3.05) is 25.0 Å². The Morgan fingerprint density at radius 1 is 0.974 bits per heavy atom. The molecule has 0 fully saturated rings. The van der Waals surface area contributed by atoms with Gasteiger partial charge in [0.2, 0.25) is 0 Å². The molecule has 0 saturated carbocycles.